The highest BCUT2D eigenvalue weighted by atomic mass is 35.5. The molecular formula is C17H22Cl2N4O7. The molecule has 0 spiro atoms. The number of halogens is 2. The molecule has 0 aromatic heterocycles. The number of benzene rings is 1. The van der Waals surface area contributed by atoms with E-state index in [1.54, 1.807) is 18.2 Å². The Kier molecular flexibility index (Phi) is 8.79. The van der Waals surface area contributed by atoms with Crippen molar-refractivity contribution in [2.45, 2.75) is 37.1 Å². The molecule has 0 aliphatic carbocycles. The largest absolute Gasteiger partial charge is 0.446 e. The lowest BCUT2D eigenvalue weighted by atomic mass is 9.97. The number of alkyl carbamates (subject to hydrolysis) is 1. The molecule has 1 fully saturated rings. The zero-order valence-corrected chi connectivity index (χ0v) is 17.3. The first-order chi connectivity index (χ1) is 14.1. The van der Waals surface area contributed by atoms with Gasteiger partial charge in [-0.1, -0.05) is 29.3 Å². The quantitative estimate of drug-likeness (QED) is 0.254. The second-order valence-electron chi connectivity index (χ2n) is 6.36. The average Bonchev–Trinajstić information content (AvgIpc) is 2.68. The third-order valence-corrected chi connectivity index (χ3v) is 4.97. The Morgan fingerprint density at radius 2 is 1.87 bits per heavy atom. The van der Waals surface area contributed by atoms with E-state index in [0.29, 0.717) is 15.6 Å². The number of methoxy groups -OCH3 is 1. The van der Waals surface area contributed by atoms with Crippen LogP contribution in [-0.4, -0.2) is 72.5 Å². The van der Waals surface area contributed by atoms with Gasteiger partial charge in [0.05, 0.1) is 12.5 Å². The van der Waals surface area contributed by atoms with Gasteiger partial charge >= 0.3 is 6.09 Å². The molecule has 0 bridgehead atoms. The maximum absolute atomic E-state index is 12.0. The molecule has 30 heavy (non-hydrogen) atoms. The van der Waals surface area contributed by atoms with Crippen molar-refractivity contribution < 1.29 is 34.0 Å². The Labute approximate surface area is 181 Å². The fraction of sp³-hybridized carbons (Fsp3) is 0.471. The Morgan fingerprint density at radius 3 is 2.47 bits per heavy atom. The summed E-state index contributed by atoms with van der Waals surface area (Å²) < 4.78 is 15.1. The van der Waals surface area contributed by atoms with E-state index >= 15 is 0 Å². The second-order valence-corrected chi connectivity index (χ2v) is 7.18. The van der Waals surface area contributed by atoms with Crippen LogP contribution in [0.2, 0.25) is 10.0 Å². The van der Waals surface area contributed by atoms with E-state index in [1.807, 2.05) is 5.32 Å². The fourth-order valence-electron chi connectivity index (χ4n) is 2.67. The van der Waals surface area contributed by atoms with Gasteiger partial charge in [-0.15, -0.1) is 0 Å². The predicted molar refractivity (Wildman–Crippen MR) is 106 cm³/mol. The van der Waals surface area contributed by atoms with E-state index in [2.05, 4.69) is 5.32 Å². The number of aliphatic hydroxyl groups excluding tert-OH is 2. The molecule has 11 nitrogen and oxygen atoms in total. The highest BCUT2D eigenvalue weighted by molar-refractivity contribution is 6.36. The summed E-state index contributed by atoms with van der Waals surface area (Å²) in [5, 5.41) is 32.2. The maximum Gasteiger partial charge on any atom is 0.414 e. The van der Waals surface area contributed by atoms with Crippen molar-refractivity contribution in [1.29, 1.82) is 5.41 Å². The van der Waals surface area contributed by atoms with Crippen LogP contribution >= 0.6 is 23.2 Å². The molecule has 1 aliphatic heterocycles. The zero-order chi connectivity index (χ0) is 22.4. The van der Waals surface area contributed by atoms with E-state index in [1.165, 1.54) is 7.11 Å². The van der Waals surface area contributed by atoms with Crippen molar-refractivity contribution in [2.75, 3.05) is 13.7 Å². The maximum atomic E-state index is 12.0. The zero-order valence-electron chi connectivity index (χ0n) is 15.8. The Morgan fingerprint density at radius 1 is 1.23 bits per heavy atom. The first-order valence-electron chi connectivity index (χ1n) is 8.69. The number of hydrogen-bond acceptors (Lipinski definition) is 9. The minimum absolute atomic E-state index is 0.210. The van der Waals surface area contributed by atoms with E-state index in [-0.39, 0.29) is 6.42 Å². The second kappa shape index (κ2) is 10.9. The summed E-state index contributed by atoms with van der Waals surface area (Å²) >= 11 is 12.0. The summed E-state index contributed by atoms with van der Waals surface area (Å²) in [6.45, 7) is -0.441. The third kappa shape index (κ3) is 6.25. The van der Waals surface area contributed by atoms with Gasteiger partial charge < -0.3 is 30.2 Å². The predicted octanol–water partition coefficient (Wildman–Crippen LogP) is -0.267. The van der Waals surface area contributed by atoms with Gasteiger partial charge in [0.25, 0.3) is 0 Å². The lowest BCUT2D eigenvalue weighted by molar-refractivity contribution is -0.267. The normalized spacial score (nSPS) is 26.0. The monoisotopic (exact) mass is 464 g/mol. The number of ether oxygens (including phenoxy) is 3. The molecule has 5 atom stereocenters. The van der Waals surface area contributed by atoms with Crippen molar-refractivity contribution in [1.82, 2.24) is 10.6 Å². The van der Waals surface area contributed by atoms with Crippen LogP contribution in [0.3, 0.4) is 0 Å². The number of carbonyl (C=O) groups is 2. The van der Waals surface area contributed by atoms with Crippen LogP contribution in [0.15, 0.2) is 18.2 Å². The molecule has 7 N–H and O–H groups in total. The van der Waals surface area contributed by atoms with Gasteiger partial charge in [0.15, 0.2) is 6.29 Å². The van der Waals surface area contributed by atoms with Gasteiger partial charge in [-0.2, -0.15) is 0 Å². The third-order valence-electron chi connectivity index (χ3n) is 4.26. The molecule has 1 saturated heterocycles. The summed E-state index contributed by atoms with van der Waals surface area (Å²) in [6, 6.07) is 3.69. The van der Waals surface area contributed by atoms with Crippen LogP contribution in [0.4, 0.5) is 4.79 Å². The Hall–Kier alpha value is -1.99. The number of carbonyl (C=O) groups excluding carboxylic acids is 2. The van der Waals surface area contributed by atoms with Gasteiger partial charge in [0.1, 0.15) is 24.9 Å². The minimum atomic E-state index is -1.32. The van der Waals surface area contributed by atoms with Gasteiger partial charge in [-0.05, 0) is 17.7 Å². The number of hydrogen-bond donors (Lipinski definition) is 6. The molecular weight excluding hydrogens is 443 g/mol. The molecule has 1 heterocycles. The smallest absolute Gasteiger partial charge is 0.414 e. The standard InChI is InChI=1S/C17H22Cl2N4O7/c1-28-15-14(26)12(20)13(25)10(30-15)6-29-17(27)23-16(21)22-11(24)5-7-8(18)3-2-4-9(7)19/h2-4,10,12-15,25-26H,5-6,20H2,1H3,(H3,21,22,23,24,27)/t10?,12?,13-,14-,15+/m1/s1. The van der Waals surface area contributed by atoms with E-state index < -0.39 is 55.2 Å². The number of nitrogens with one attached hydrogen (secondary N) is 3. The average molecular weight is 465 g/mol. The van der Waals surface area contributed by atoms with Gasteiger partial charge in [0.2, 0.25) is 11.9 Å². The van der Waals surface area contributed by atoms with Crippen molar-refractivity contribution in [2.24, 2.45) is 5.73 Å². The SMILES string of the molecule is CO[C@H]1OC(COC(=O)NC(=N)NC(=O)Cc2c(Cl)cccc2Cl)[C@@H](O)C(N)[C@H]1O. The fourth-order valence-corrected chi connectivity index (χ4v) is 3.20. The molecule has 2 amide bonds. The van der Waals surface area contributed by atoms with Gasteiger partial charge in [-0.3, -0.25) is 20.8 Å². The van der Waals surface area contributed by atoms with Crippen molar-refractivity contribution in [3.63, 3.8) is 0 Å². The van der Waals surface area contributed by atoms with Crippen molar-refractivity contribution >= 4 is 41.2 Å². The molecule has 166 valence electrons. The minimum Gasteiger partial charge on any atom is -0.446 e. The molecule has 0 radical (unpaired) electrons. The lowest BCUT2D eigenvalue weighted by Crippen LogP contribution is -2.62. The van der Waals surface area contributed by atoms with Gasteiger partial charge in [-0.25, -0.2) is 4.79 Å². The number of guanidine groups is 1. The highest BCUT2D eigenvalue weighted by Crippen LogP contribution is 2.24. The van der Waals surface area contributed by atoms with E-state index in [9.17, 15) is 19.8 Å². The van der Waals surface area contributed by atoms with Crippen LogP contribution < -0.4 is 16.4 Å². The summed E-state index contributed by atoms with van der Waals surface area (Å²) in [5.41, 5.74) is 6.07. The van der Waals surface area contributed by atoms with Crippen LogP contribution in [0.5, 0.6) is 0 Å². The summed E-state index contributed by atoms with van der Waals surface area (Å²) in [4.78, 5) is 23.9. The lowest BCUT2D eigenvalue weighted by Gasteiger charge is -2.40. The number of nitrogens with two attached hydrogens (primary N) is 1. The molecule has 1 aromatic rings. The van der Waals surface area contributed by atoms with Crippen LogP contribution in [-0.2, 0) is 25.4 Å². The molecule has 2 rings (SSSR count). The highest BCUT2D eigenvalue weighted by Gasteiger charge is 2.43. The molecule has 13 heteroatoms. The first kappa shape index (κ1) is 24.3. The van der Waals surface area contributed by atoms with E-state index in [0.717, 1.165) is 0 Å². The van der Waals surface area contributed by atoms with Crippen molar-refractivity contribution in [3.8, 4) is 0 Å². The van der Waals surface area contributed by atoms with Gasteiger partial charge in [0, 0.05) is 17.2 Å². The molecule has 1 aliphatic rings. The number of amides is 2. The van der Waals surface area contributed by atoms with Crippen LogP contribution in [0.25, 0.3) is 0 Å². The van der Waals surface area contributed by atoms with Crippen molar-refractivity contribution in [3.05, 3.63) is 33.8 Å². The number of rotatable bonds is 5. The molecule has 1 aromatic carbocycles. The summed E-state index contributed by atoms with van der Waals surface area (Å²) in [5.74, 6) is -1.27. The van der Waals surface area contributed by atoms with E-state index in [4.69, 9.17) is 48.6 Å². The molecule has 2 unspecified atom stereocenters. The number of aliphatic hydroxyl groups is 2. The topological polar surface area (TPSA) is 176 Å². The first-order valence-corrected chi connectivity index (χ1v) is 9.44. The Bertz CT molecular complexity index is 775. The van der Waals surface area contributed by atoms with Crippen LogP contribution in [0, 0.1) is 5.41 Å². The Balaban J connectivity index is 1.80. The summed E-state index contributed by atoms with van der Waals surface area (Å²) in [7, 11) is 1.28. The van der Waals surface area contributed by atoms with Crippen LogP contribution in [0.1, 0.15) is 5.56 Å². The summed E-state index contributed by atoms with van der Waals surface area (Å²) in [6.07, 6.45) is -6.04. The molecule has 0 saturated carbocycles.